The lowest BCUT2D eigenvalue weighted by Gasteiger charge is -2.26. The van der Waals surface area contributed by atoms with Crippen LogP contribution in [-0.2, 0) is 4.79 Å². The molecule has 3 aromatic rings. The van der Waals surface area contributed by atoms with Gasteiger partial charge >= 0.3 is 0 Å². The zero-order valence-corrected chi connectivity index (χ0v) is 15.8. The molecular weight excluding hydrogens is 368 g/mol. The Bertz CT molecular complexity index is 1050. The van der Waals surface area contributed by atoms with Crippen LogP contribution in [0.4, 0.5) is 11.4 Å². The average molecular weight is 388 g/mol. The van der Waals surface area contributed by atoms with Crippen molar-refractivity contribution in [2.24, 2.45) is 0 Å². The Morgan fingerprint density at radius 2 is 1.90 bits per heavy atom. The van der Waals surface area contributed by atoms with Gasteiger partial charge in [-0.05, 0) is 43.3 Å². The number of carbonyl (C=O) groups excluding carboxylic acids is 2. The van der Waals surface area contributed by atoms with Crippen LogP contribution in [0.15, 0.2) is 72.8 Å². The first-order valence-electron chi connectivity index (χ1n) is 9.35. The molecule has 29 heavy (non-hydrogen) atoms. The van der Waals surface area contributed by atoms with Gasteiger partial charge in [-0.1, -0.05) is 36.4 Å². The van der Waals surface area contributed by atoms with Crippen molar-refractivity contribution in [3.05, 3.63) is 83.9 Å². The Morgan fingerprint density at radius 1 is 1.07 bits per heavy atom. The van der Waals surface area contributed by atoms with Gasteiger partial charge in [-0.3, -0.25) is 9.59 Å². The fourth-order valence-corrected chi connectivity index (χ4v) is 3.13. The van der Waals surface area contributed by atoms with E-state index in [9.17, 15) is 9.59 Å². The summed E-state index contributed by atoms with van der Waals surface area (Å²) in [5, 5.41) is 5.69. The standard InChI is InChI=1S/C23H20N2O4/c1-2-28-18-10-6-9-16(13-18)22(26)24-17-11-12-20-19(14-17)25-23(27)21(29-20)15-7-4-3-5-8-15/h3-14,21H,2H2,1H3,(H,24,26)(H,25,27). The maximum Gasteiger partial charge on any atom is 0.270 e. The largest absolute Gasteiger partial charge is 0.494 e. The Kier molecular flexibility index (Phi) is 5.16. The number of hydrogen-bond donors (Lipinski definition) is 2. The van der Waals surface area contributed by atoms with Gasteiger partial charge < -0.3 is 20.1 Å². The molecule has 6 nitrogen and oxygen atoms in total. The minimum atomic E-state index is -0.703. The van der Waals surface area contributed by atoms with E-state index in [4.69, 9.17) is 9.47 Å². The zero-order chi connectivity index (χ0) is 20.2. The predicted octanol–water partition coefficient (Wildman–Crippen LogP) is 4.41. The second-order valence-electron chi connectivity index (χ2n) is 6.52. The van der Waals surface area contributed by atoms with E-state index < -0.39 is 6.10 Å². The molecule has 0 saturated carbocycles. The molecule has 146 valence electrons. The number of nitrogens with one attached hydrogen (secondary N) is 2. The highest BCUT2D eigenvalue weighted by Crippen LogP contribution is 2.36. The molecule has 0 aromatic heterocycles. The monoisotopic (exact) mass is 388 g/mol. The molecule has 6 heteroatoms. The quantitative estimate of drug-likeness (QED) is 0.679. The molecule has 3 aromatic carbocycles. The summed E-state index contributed by atoms with van der Waals surface area (Å²) in [4.78, 5) is 25.0. The number of benzene rings is 3. The molecule has 0 spiro atoms. The van der Waals surface area contributed by atoms with Gasteiger partial charge in [0.1, 0.15) is 11.5 Å². The normalized spacial score (nSPS) is 14.9. The van der Waals surface area contributed by atoms with E-state index in [0.29, 0.717) is 35.0 Å². The van der Waals surface area contributed by atoms with Crippen LogP contribution in [0.25, 0.3) is 0 Å². The molecule has 0 fully saturated rings. The summed E-state index contributed by atoms with van der Waals surface area (Å²) in [5.41, 5.74) is 2.33. The van der Waals surface area contributed by atoms with E-state index in [1.165, 1.54) is 0 Å². The third-order valence-corrected chi connectivity index (χ3v) is 4.49. The van der Waals surface area contributed by atoms with Crippen LogP contribution < -0.4 is 20.1 Å². The predicted molar refractivity (Wildman–Crippen MR) is 110 cm³/mol. The molecule has 0 aliphatic carbocycles. The van der Waals surface area contributed by atoms with E-state index >= 15 is 0 Å². The van der Waals surface area contributed by atoms with Crippen molar-refractivity contribution in [3.63, 3.8) is 0 Å². The van der Waals surface area contributed by atoms with Crippen LogP contribution in [0, 0.1) is 0 Å². The maximum absolute atomic E-state index is 12.6. The molecule has 4 rings (SSSR count). The Morgan fingerprint density at radius 3 is 2.69 bits per heavy atom. The molecule has 1 aliphatic rings. The topological polar surface area (TPSA) is 76.7 Å². The number of rotatable bonds is 5. The highest BCUT2D eigenvalue weighted by atomic mass is 16.5. The van der Waals surface area contributed by atoms with Gasteiger partial charge in [0.15, 0.2) is 0 Å². The Hall–Kier alpha value is -3.80. The van der Waals surface area contributed by atoms with Gasteiger partial charge in [0.25, 0.3) is 11.8 Å². The first kappa shape index (κ1) is 18.6. The van der Waals surface area contributed by atoms with E-state index in [1.807, 2.05) is 37.3 Å². The number of fused-ring (bicyclic) bond motifs is 1. The van der Waals surface area contributed by atoms with Crippen LogP contribution in [0.1, 0.15) is 28.9 Å². The zero-order valence-electron chi connectivity index (χ0n) is 15.8. The van der Waals surface area contributed by atoms with Crippen LogP contribution in [0.5, 0.6) is 11.5 Å². The van der Waals surface area contributed by atoms with Gasteiger partial charge in [0.2, 0.25) is 6.10 Å². The number of ether oxygens (including phenoxy) is 2. The fraction of sp³-hybridized carbons (Fsp3) is 0.130. The van der Waals surface area contributed by atoms with Crippen molar-refractivity contribution < 1.29 is 19.1 Å². The van der Waals surface area contributed by atoms with Crippen LogP contribution >= 0.6 is 0 Å². The van der Waals surface area contributed by atoms with Gasteiger partial charge in [-0.15, -0.1) is 0 Å². The van der Waals surface area contributed by atoms with Crippen molar-refractivity contribution in [1.29, 1.82) is 0 Å². The lowest BCUT2D eigenvalue weighted by Crippen LogP contribution is -2.30. The molecular formula is C23H20N2O4. The van der Waals surface area contributed by atoms with Crippen molar-refractivity contribution in [2.45, 2.75) is 13.0 Å². The lowest BCUT2D eigenvalue weighted by atomic mass is 10.1. The van der Waals surface area contributed by atoms with E-state index in [2.05, 4.69) is 10.6 Å². The Labute approximate surface area is 168 Å². The van der Waals surface area contributed by atoms with E-state index in [0.717, 1.165) is 5.56 Å². The molecule has 1 heterocycles. The first-order chi connectivity index (χ1) is 14.1. The summed E-state index contributed by atoms with van der Waals surface area (Å²) in [6, 6.07) is 21.4. The van der Waals surface area contributed by atoms with Crippen LogP contribution in [0.2, 0.25) is 0 Å². The van der Waals surface area contributed by atoms with Gasteiger partial charge in [0.05, 0.1) is 12.3 Å². The molecule has 0 radical (unpaired) electrons. The second-order valence-corrected chi connectivity index (χ2v) is 6.52. The van der Waals surface area contributed by atoms with Crippen molar-refractivity contribution in [1.82, 2.24) is 0 Å². The lowest BCUT2D eigenvalue weighted by molar-refractivity contribution is -0.123. The number of hydrogen-bond acceptors (Lipinski definition) is 4. The highest BCUT2D eigenvalue weighted by Gasteiger charge is 2.29. The van der Waals surface area contributed by atoms with Crippen LogP contribution in [0.3, 0.4) is 0 Å². The summed E-state index contributed by atoms with van der Waals surface area (Å²) in [6.45, 7) is 2.41. The molecule has 0 saturated heterocycles. The number of anilines is 2. The molecule has 2 N–H and O–H groups in total. The highest BCUT2D eigenvalue weighted by molar-refractivity contribution is 6.05. The van der Waals surface area contributed by atoms with E-state index in [-0.39, 0.29) is 11.8 Å². The van der Waals surface area contributed by atoms with Crippen molar-refractivity contribution in [2.75, 3.05) is 17.2 Å². The number of amides is 2. The number of carbonyl (C=O) groups is 2. The minimum Gasteiger partial charge on any atom is -0.494 e. The third-order valence-electron chi connectivity index (χ3n) is 4.49. The molecule has 1 aliphatic heterocycles. The van der Waals surface area contributed by atoms with Crippen LogP contribution in [-0.4, -0.2) is 18.4 Å². The van der Waals surface area contributed by atoms with Gasteiger partial charge in [-0.2, -0.15) is 0 Å². The SMILES string of the molecule is CCOc1cccc(C(=O)Nc2ccc3c(c2)NC(=O)C(c2ccccc2)O3)c1. The van der Waals surface area contributed by atoms with Gasteiger partial charge in [0, 0.05) is 16.8 Å². The maximum atomic E-state index is 12.6. The van der Waals surface area contributed by atoms with Crippen molar-refractivity contribution in [3.8, 4) is 11.5 Å². The Balaban J connectivity index is 1.51. The summed E-state index contributed by atoms with van der Waals surface area (Å²) < 4.78 is 11.3. The van der Waals surface area contributed by atoms with E-state index in [1.54, 1.807) is 42.5 Å². The smallest absolute Gasteiger partial charge is 0.270 e. The summed E-state index contributed by atoms with van der Waals surface area (Å²) >= 11 is 0. The molecule has 0 bridgehead atoms. The molecule has 1 unspecified atom stereocenters. The third kappa shape index (κ3) is 4.06. The van der Waals surface area contributed by atoms with Gasteiger partial charge in [-0.25, -0.2) is 0 Å². The first-order valence-corrected chi connectivity index (χ1v) is 9.35. The summed E-state index contributed by atoms with van der Waals surface area (Å²) in [5.74, 6) is 0.668. The van der Waals surface area contributed by atoms with Crippen molar-refractivity contribution >= 4 is 23.2 Å². The second kappa shape index (κ2) is 8.06. The fourth-order valence-electron chi connectivity index (χ4n) is 3.13. The molecule has 2 amide bonds. The molecule has 1 atom stereocenters. The minimum absolute atomic E-state index is 0.253. The average Bonchev–Trinajstić information content (AvgIpc) is 2.74. The summed E-state index contributed by atoms with van der Waals surface area (Å²) in [7, 11) is 0. The summed E-state index contributed by atoms with van der Waals surface area (Å²) in [6.07, 6.45) is -0.703.